The Kier molecular flexibility index (Phi) is 9.13. The molecule has 4 rings (SSSR count). The summed E-state index contributed by atoms with van der Waals surface area (Å²) in [5.41, 5.74) is 1.25. The number of nitrogens with zero attached hydrogens (tertiary/aromatic N) is 3. The second-order valence-electron chi connectivity index (χ2n) is 9.89. The highest BCUT2D eigenvalue weighted by atomic mass is 32.1. The van der Waals surface area contributed by atoms with Gasteiger partial charge in [-0.05, 0) is 57.7 Å². The molecule has 0 bridgehead atoms. The number of aliphatic hydroxyl groups is 1. The predicted octanol–water partition coefficient (Wildman–Crippen LogP) is 5.92. The lowest BCUT2D eigenvalue weighted by atomic mass is 9.95. The SMILES string of the molecule is CCOC(=O)c1sc(N2C(=O)C(O)=C(C(=O)c3sc(C)nc3C)C2c2ccc(OCCC(C)C)c(OC)c2)nc1C. The van der Waals surface area contributed by atoms with E-state index in [1.165, 1.54) is 23.3 Å². The van der Waals surface area contributed by atoms with Gasteiger partial charge in [0.05, 0.1) is 53.2 Å². The Morgan fingerprint density at radius 1 is 1.07 bits per heavy atom. The highest BCUT2D eigenvalue weighted by Gasteiger charge is 2.47. The third-order valence-corrected chi connectivity index (χ3v) is 8.68. The number of hydrogen-bond acceptors (Lipinski definition) is 11. The molecule has 3 aromatic rings. The Bertz CT molecular complexity index is 1520. The third-order valence-electron chi connectivity index (χ3n) is 6.47. The van der Waals surface area contributed by atoms with Crippen LogP contribution in [0.1, 0.15) is 74.5 Å². The van der Waals surface area contributed by atoms with Gasteiger partial charge in [-0.1, -0.05) is 31.3 Å². The molecule has 218 valence electrons. The summed E-state index contributed by atoms with van der Waals surface area (Å²) in [6.45, 7) is 11.7. The molecule has 1 unspecified atom stereocenters. The molecule has 0 saturated carbocycles. The maximum atomic E-state index is 13.9. The molecule has 0 saturated heterocycles. The van der Waals surface area contributed by atoms with E-state index in [1.807, 2.05) is 0 Å². The quantitative estimate of drug-likeness (QED) is 0.211. The molecule has 1 N–H and O–H groups in total. The Labute approximate surface area is 246 Å². The van der Waals surface area contributed by atoms with Crippen LogP contribution in [0.5, 0.6) is 11.5 Å². The van der Waals surface area contributed by atoms with Crippen molar-refractivity contribution < 1.29 is 33.7 Å². The summed E-state index contributed by atoms with van der Waals surface area (Å²) in [6.07, 6.45) is 0.852. The highest BCUT2D eigenvalue weighted by Crippen LogP contribution is 2.46. The van der Waals surface area contributed by atoms with Crippen molar-refractivity contribution in [3.63, 3.8) is 0 Å². The lowest BCUT2D eigenvalue weighted by molar-refractivity contribution is -0.117. The molecule has 2 aromatic heterocycles. The average molecular weight is 600 g/mol. The number of benzene rings is 1. The number of Topliss-reactive ketones (excluding diaryl/α,β-unsaturated/α-hetero) is 1. The van der Waals surface area contributed by atoms with Crippen LogP contribution in [-0.2, 0) is 9.53 Å². The number of carbonyl (C=O) groups is 3. The fourth-order valence-electron chi connectivity index (χ4n) is 4.46. The van der Waals surface area contributed by atoms with Crippen molar-refractivity contribution in [3.05, 3.63) is 61.2 Å². The third kappa shape index (κ3) is 5.98. The normalized spacial score (nSPS) is 15.2. The van der Waals surface area contributed by atoms with Gasteiger partial charge in [-0.3, -0.25) is 14.5 Å². The van der Waals surface area contributed by atoms with E-state index in [-0.39, 0.29) is 22.2 Å². The summed E-state index contributed by atoms with van der Waals surface area (Å²) in [6, 6.07) is 4.06. The van der Waals surface area contributed by atoms with E-state index in [9.17, 15) is 19.5 Å². The molecule has 3 heterocycles. The first kappa shape index (κ1) is 30.2. The Hall–Kier alpha value is -3.77. The maximum absolute atomic E-state index is 13.9. The molecule has 0 fully saturated rings. The van der Waals surface area contributed by atoms with Crippen molar-refractivity contribution in [1.29, 1.82) is 0 Å². The number of hydrogen-bond donors (Lipinski definition) is 1. The van der Waals surface area contributed by atoms with Crippen LogP contribution in [0.4, 0.5) is 5.13 Å². The maximum Gasteiger partial charge on any atom is 0.350 e. The topological polar surface area (TPSA) is 128 Å². The van der Waals surface area contributed by atoms with Crippen molar-refractivity contribution >= 4 is 45.5 Å². The van der Waals surface area contributed by atoms with E-state index < -0.39 is 29.5 Å². The Morgan fingerprint density at radius 2 is 1.78 bits per heavy atom. The first-order valence-corrected chi connectivity index (χ1v) is 14.8. The van der Waals surface area contributed by atoms with E-state index in [0.29, 0.717) is 50.9 Å². The number of aryl methyl sites for hydroxylation is 3. The summed E-state index contributed by atoms with van der Waals surface area (Å²) in [7, 11) is 1.50. The number of thiazole rings is 2. The van der Waals surface area contributed by atoms with Gasteiger partial charge in [-0.25, -0.2) is 14.8 Å². The minimum atomic E-state index is -1.06. The monoisotopic (exact) mass is 599 g/mol. The van der Waals surface area contributed by atoms with Gasteiger partial charge in [0.2, 0.25) is 5.78 Å². The number of rotatable bonds is 11. The highest BCUT2D eigenvalue weighted by molar-refractivity contribution is 7.17. The van der Waals surface area contributed by atoms with Crippen LogP contribution in [0.3, 0.4) is 0 Å². The van der Waals surface area contributed by atoms with E-state index in [4.69, 9.17) is 14.2 Å². The molecule has 41 heavy (non-hydrogen) atoms. The molecular formula is C29H33N3O7S2. The molecule has 0 aliphatic carbocycles. The number of methoxy groups -OCH3 is 1. The standard InChI is InChI=1S/C29H33N3O7S2/c1-8-38-28(36)26-16(5)31-29(41-26)32-22(18-9-10-19(20(13-18)37-7)39-12-11-14(2)3)21(24(34)27(32)35)23(33)25-15(4)30-17(6)40-25/h9-10,13-14,22,34H,8,11-12H2,1-7H3. The van der Waals surface area contributed by atoms with Crippen molar-refractivity contribution in [3.8, 4) is 11.5 Å². The molecule has 1 aliphatic heterocycles. The van der Waals surface area contributed by atoms with Crippen molar-refractivity contribution in [2.24, 2.45) is 5.92 Å². The summed E-state index contributed by atoms with van der Waals surface area (Å²) in [5, 5.41) is 12.0. The lowest BCUT2D eigenvalue weighted by Gasteiger charge is -2.25. The number of ketones is 1. The minimum Gasteiger partial charge on any atom is -0.503 e. The number of aromatic nitrogens is 2. The minimum absolute atomic E-state index is 0.109. The van der Waals surface area contributed by atoms with Crippen LogP contribution in [0.15, 0.2) is 29.5 Å². The first-order chi connectivity index (χ1) is 19.5. The second-order valence-corrected chi connectivity index (χ2v) is 12.1. The molecule has 1 aromatic carbocycles. The number of aliphatic hydroxyl groups excluding tert-OH is 1. The van der Waals surface area contributed by atoms with Gasteiger partial charge in [0.15, 0.2) is 22.4 Å². The fraction of sp³-hybridized carbons (Fsp3) is 0.414. The van der Waals surface area contributed by atoms with Crippen molar-refractivity contribution in [2.75, 3.05) is 25.2 Å². The average Bonchev–Trinajstić information content (AvgIpc) is 3.56. The zero-order chi connectivity index (χ0) is 30.0. The van der Waals surface area contributed by atoms with E-state index in [0.717, 1.165) is 17.8 Å². The van der Waals surface area contributed by atoms with Crippen LogP contribution in [0, 0.1) is 26.7 Å². The van der Waals surface area contributed by atoms with Gasteiger partial charge in [0.1, 0.15) is 4.88 Å². The number of anilines is 1. The summed E-state index contributed by atoms with van der Waals surface area (Å²) >= 11 is 2.15. The predicted molar refractivity (Wildman–Crippen MR) is 157 cm³/mol. The number of esters is 1. The molecule has 0 spiro atoms. The number of carbonyl (C=O) groups excluding carboxylic acids is 3. The summed E-state index contributed by atoms with van der Waals surface area (Å²) in [4.78, 5) is 50.7. The zero-order valence-electron chi connectivity index (χ0n) is 24.1. The smallest absolute Gasteiger partial charge is 0.350 e. The lowest BCUT2D eigenvalue weighted by Crippen LogP contribution is -2.31. The second kappa shape index (κ2) is 12.4. The largest absolute Gasteiger partial charge is 0.503 e. The Morgan fingerprint density at radius 3 is 2.39 bits per heavy atom. The van der Waals surface area contributed by atoms with Crippen molar-refractivity contribution in [2.45, 2.75) is 54.0 Å². The number of amides is 1. The molecule has 1 atom stereocenters. The Balaban J connectivity index is 1.84. The zero-order valence-corrected chi connectivity index (χ0v) is 25.7. The first-order valence-electron chi connectivity index (χ1n) is 13.2. The van der Waals surface area contributed by atoms with Crippen LogP contribution >= 0.6 is 22.7 Å². The van der Waals surface area contributed by atoms with Gasteiger partial charge in [-0.2, -0.15) is 0 Å². The van der Waals surface area contributed by atoms with Gasteiger partial charge in [0.25, 0.3) is 5.91 Å². The van der Waals surface area contributed by atoms with E-state index in [2.05, 4.69) is 23.8 Å². The van der Waals surface area contributed by atoms with Gasteiger partial charge in [-0.15, -0.1) is 11.3 Å². The van der Waals surface area contributed by atoms with Crippen LogP contribution in [-0.4, -0.2) is 53.1 Å². The van der Waals surface area contributed by atoms with Crippen LogP contribution in [0.2, 0.25) is 0 Å². The van der Waals surface area contributed by atoms with Crippen molar-refractivity contribution in [1.82, 2.24) is 9.97 Å². The van der Waals surface area contributed by atoms with E-state index >= 15 is 0 Å². The number of ether oxygens (including phenoxy) is 3. The summed E-state index contributed by atoms with van der Waals surface area (Å²) < 4.78 is 16.7. The molecule has 0 radical (unpaired) electrons. The van der Waals surface area contributed by atoms with Crippen LogP contribution in [0.25, 0.3) is 0 Å². The van der Waals surface area contributed by atoms with E-state index in [1.54, 1.807) is 45.9 Å². The molecular weight excluding hydrogens is 566 g/mol. The fourth-order valence-corrected chi connectivity index (χ4v) is 6.32. The van der Waals surface area contributed by atoms with Gasteiger partial charge < -0.3 is 19.3 Å². The van der Waals surface area contributed by atoms with Crippen LogP contribution < -0.4 is 14.4 Å². The molecule has 1 aliphatic rings. The molecule has 12 heteroatoms. The van der Waals surface area contributed by atoms with Gasteiger partial charge >= 0.3 is 5.97 Å². The summed E-state index contributed by atoms with van der Waals surface area (Å²) in [5.74, 6) is -1.20. The molecule has 1 amide bonds. The van der Waals surface area contributed by atoms with Gasteiger partial charge in [0, 0.05) is 0 Å². The molecule has 10 nitrogen and oxygen atoms in total.